The number of pyridine rings is 1. The Morgan fingerprint density at radius 3 is 2.88 bits per heavy atom. The highest BCUT2D eigenvalue weighted by Gasteiger charge is 2.27. The molecular weight excluding hydrogens is 328 g/mol. The van der Waals surface area contributed by atoms with Crippen molar-refractivity contribution in [1.82, 2.24) is 14.9 Å². The number of hydrogen-bond acceptors (Lipinski definition) is 3. The smallest absolute Gasteiger partial charge is 0.267 e. The summed E-state index contributed by atoms with van der Waals surface area (Å²) in [7, 11) is 0. The van der Waals surface area contributed by atoms with Crippen molar-refractivity contribution in [3.05, 3.63) is 60.0 Å². The number of carbonyl (C=O) groups excluding carboxylic acids is 2. The quantitative estimate of drug-likeness (QED) is 0.746. The Balaban J connectivity index is 1.76. The van der Waals surface area contributed by atoms with Gasteiger partial charge < -0.3 is 15.2 Å². The van der Waals surface area contributed by atoms with E-state index in [2.05, 4.69) is 29.5 Å². The molecule has 3 aromatic rings. The van der Waals surface area contributed by atoms with Crippen molar-refractivity contribution in [2.75, 3.05) is 11.9 Å². The van der Waals surface area contributed by atoms with E-state index in [1.54, 1.807) is 30.6 Å². The second-order valence-electron chi connectivity index (χ2n) is 6.80. The maximum absolute atomic E-state index is 12.6. The number of carbonyl (C=O) groups is 2. The molecule has 1 aromatic carbocycles. The van der Waals surface area contributed by atoms with Gasteiger partial charge in [0.15, 0.2) is 0 Å². The molecule has 1 aliphatic rings. The van der Waals surface area contributed by atoms with E-state index in [1.807, 2.05) is 22.8 Å². The SMILES string of the molecule is C[C@@H]1CNC(=O)c2cc3ccc(C(=O)Nc4cccnc4)cc3n2[C@@H]1C. The van der Waals surface area contributed by atoms with E-state index in [1.165, 1.54) is 0 Å². The van der Waals surface area contributed by atoms with E-state index < -0.39 is 0 Å². The number of hydrogen-bond donors (Lipinski definition) is 2. The number of benzene rings is 1. The largest absolute Gasteiger partial charge is 0.350 e. The molecule has 26 heavy (non-hydrogen) atoms. The van der Waals surface area contributed by atoms with Gasteiger partial charge in [-0.2, -0.15) is 0 Å². The fourth-order valence-corrected chi connectivity index (χ4v) is 3.39. The van der Waals surface area contributed by atoms with Gasteiger partial charge in [0.25, 0.3) is 11.8 Å². The zero-order chi connectivity index (χ0) is 18.3. The summed E-state index contributed by atoms with van der Waals surface area (Å²) in [6.45, 7) is 4.87. The van der Waals surface area contributed by atoms with Gasteiger partial charge >= 0.3 is 0 Å². The summed E-state index contributed by atoms with van der Waals surface area (Å²) < 4.78 is 2.04. The van der Waals surface area contributed by atoms with Crippen LogP contribution < -0.4 is 10.6 Å². The Hall–Kier alpha value is -3.15. The molecule has 0 fully saturated rings. The average molecular weight is 348 g/mol. The van der Waals surface area contributed by atoms with Crippen LogP contribution in [0.2, 0.25) is 0 Å². The molecule has 3 heterocycles. The van der Waals surface area contributed by atoms with Gasteiger partial charge in [-0.25, -0.2) is 0 Å². The van der Waals surface area contributed by atoms with Crippen molar-refractivity contribution in [2.24, 2.45) is 5.92 Å². The van der Waals surface area contributed by atoms with Crippen molar-refractivity contribution in [1.29, 1.82) is 0 Å². The lowest BCUT2D eigenvalue weighted by Gasteiger charge is -2.20. The minimum Gasteiger partial charge on any atom is -0.350 e. The molecule has 0 radical (unpaired) electrons. The van der Waals surface area contributed by atoms with Gasteiger partial charge in [0.05, 0.1) is 11.9 Å². The van der Waals surface area contributed by atoms with Crippen LogP contribution in [0.4, 0.5) is 5.69 Å². The minimum atomic E-state index is -0.200. The van der Waals surface area contributed by atoms with Crippen LogP contribution in [-0.4, -0.2) is 27.9 Å². The van der Waals surface area contributed by atoms with Crippen molar-refractivity contribution < 1.29 is 9.59 Å². The van der Waals surface area contributed by atoms with E-state index in [4.69, 9.17) is 0 Å². The first-order chi connectivity index (χ1) is 12.5. The molecule has 0 bridgehead atoms. The van der Waals surface area contributed by atoms with Gasteiger partial charge in [-0.3, -0.25) is 14.6 Å². The fourth-order valence-electron chi connectivity index (χ4n) is 3.39. The lowest BCUT2D eigenvalue weighted by Crippen LogP contribution is -2.26. The number of rotatable bonds is 2. The van der Waals surface area contributed by atoms with Crippen LogP contribution in [0.25, 0.3) is 10.9 Å². The number of nitrogens with zero attached hydrogens (tertiary/aromatic N) is 2. The topological polar surface area (TPSA) is 76.0 Å². The van der Waals surface area contributed by atoms with E-state index in [9.17, 15) is 9.59 Å². The Bertz CT molecular complexity index is 994. The third-order valence-corrected chi connectivity index (χ3v) is 5.07. The number of nitrogens with one attached hydrogen (secondary N) is 2. The molecule has 1 aliphatic heterocycles. The van der Waals surface area contributed by atoms with E-state index in [0.717, 1.165) is 10.9 Å². The highest BCUT2D eigenvalue weighted by Crippen LogP contribution is 2.30. The average Bonchev–Trinajstić information content (AvgIpc) is 3.00. The second kappa shape index (κ2) is 6.29. The molecule has 2 atom stereocenters. The summed E-state index contributed by atoms with van der Waals surface area (Å²) in [6, 6.07) is 11.1. The maximum Gasteiger partial charge on any atom is 0.267 e. The molecule has 6 heteroatoms. The zero-order valence-electron chi connectivity index (χ0n) is 14.7. The summed E-state index contributed by atoms with van der Waals surface area (Å²) in [5, 5.41) is 6.76. The molecule has 0 spiro atoms. The standard InChI is InChI=1S/C20H20N4O2/c1-12-10-22-20(26)18-8-14-5-6-15(9-17(14)24(18)13(12)2)19(25)23-16-4-3-7-21-11-16/h3-9,11-13H,10H2,1-2H3,(H,22,26)(H,23,25)/t12-,13-/m1/s1. The third-order valence-electron chi connectivity index (χ3n) is 5.07. The Morgan fingerprint density at radius 2 is 2.12 bits per heavy atom. The van der Waals surface area contributed by atoms with E-state index >= 15 is 0 Å². The van der Waals surface area contributed by atoms with Gasteiger partial charge in [0.1, 0.15) is 5.69 Å². The molecular formula is C20H20N4O2. The highest BCUT2D eigenvalue weighted by atomic mass is 16.2. The van der Waals surface area contributed by atoms with Crippen LogP contribution >= 0.6 is 0 Å². The second-order valence-corrected chi connectivity index (χ2v) is 6.80. The van der Waals surface area contributed by atoms with Crippen LogP contribution in [0.15, 0.2) is 48.8 Å². The molecule has 6 nitrogen and oxygen atoms in total. The summed E-state index contributed by atoms with van der Waals surface area (Å²) >= 11 is 0. The number of aromatic nitrogens is 2. The molecule has 0 unspecified atom stereocenters. The lowest BCUT2D eigenvalue weighted by molar-refractivity contribution is 0.0948. The first kappa shape index (κ1) is 16.3. The maximum atomic E-state index is 12.6. The molecule has 4 rings (SSSR count). The first-order valence-corrected chi connectivity index (χ1v) is 8.69. The molecule has 2 N–H and O–H groups in total. The van der Waals surface area contributed by atoms with Crippen molar-refractivity contribution >= 4 is 28.4 Å². The van der Waals surface area contributed by atoms with Crippen LogP contribution in [0.1, 0.15) is 40.7 Å². The number of fused-ring (bicyclic) bond motifs is 3. The van der Waals surface area contributed by atoms with Gasteiger partial charge in [-0.1, -0.05) is 13.0 Å². The Kier molecular flexibility index (Phi) is 3.95. The lowest BCUT2D eigenvalue weighted by atomic mass is 10.0. The monoisotopic (exact) mass is 348 g/mol. The van der Waals surface area contributed by atoms with Crippen molar-refractivity contribution in [2.45, 2.75) is 19.9 Å². The van der Waals surface area contributed by atoms with Crippen LogP contribution in [0.5, 0.6) is 0 Å². The van der Waals surface area contributed by atoms with Gasteiger partial charge in [-0.05, 0) is 43.2 Å². The zero-order valence-corrected chi connectivity index (χ0v) is 14.7. The van der Waals surface area contributed by atoms with E-state index in [-0.39, 0.29) is 17.9 Å². The molecule has 132 valence electrons. The molecule has 0 aliphatic carbocycles. The van der Waals surface area contributed by atoms with Gasteiger partial charge in [-0.15, -0.1) is 0 Å². The minimum absolute atomic E-state index is 0.0706. The van der Waals surface area contributed by atoms with Crippen molar-refractivity contribution in [3.8, 4) is 0 Å². The van der Waals surface area contributed by atoms with Gasteiger partial charge in [0, 0.05) is 35.2 Å². The molecule has 2 aromatic heterocycles. The summed E-state index contributed by atoms with van der Waals surface area (Å²) in [5.41, 5.74) is 2.73. The van der Waals surface area contributed by atoms with Gasteiger partial charge in [0.2, 0.25) is 0 Å². The predicted molar refractivity (Wildman–Crippen MR) is 100 cm³/mol. The normalized spacial score (nSPS) is 19.5. The highest BCUT2D eigenvalue weighted by molar-refractivity contribution is 6.07. The van der Waals surface area contributed by atoms with Crippen molar-refractivity contribution in [3.63, 3.8) is 0 Å². The predicted octanol–water partition coefficient (Wildman–Crippen LogP) is 3.23. The first-order valence-electron chi connectivity index (χ1n) is 8.69. The van der Waals surface area contributed by atoms with Crippen LogP contribution in [0, 0.1) is 5.92 Å². The molecule has 0 saturated carbocycles. The fraction of sp³-hybridized carbons (Fsp3) is 0.250. The third kappa shape index (κ3) is 2.73. The van der Waals surface area contributed by atoms with Crippen LogP contribution in [-0.2, 0) is 0 Å². The number of anilines is 1. The Labute approximate surface area is 151 Å². The van der Waals surface area contributed by atoms with E-state index in [0.29, 0.717) is 29.4 Å². The summed E-state index contributed by atoms with van der Waals surface area (Å²) in [6.07, 6.45) is 3.26. The molecule has 2 amide bonds. The number of amides is 2. The summed E-state index contributed by atoms with van der Waals surface area (Å²) in [5.74, 6) is 0.0247. The molecule has 0 saturated heterocycles. The van der Waals surface area contributed by atoms with Crippen LogP contribution in [0.3, 0.4) is 0 Å². The summed E-state index contributed by atoms with van der Waals surface area (Å²) in [4.78, 5) is 29.0. The Morgan fingerprint density at radius 1 is 1.27 bits per heavy atom.